The van der Waals surface area contributed by atoms with E-state index in [1.165, 1.54) is 22.7 Å². The van der Waals surface area contributed by atoms with Gasteiger partial charge in [0.1, 0.15) is 0 Å². The van der Waals surface area contributed by atoms with E-state index in [2.05, 4.69) is 50.1 Å². The third-order valence-electron chi connectivity index (χ3n) is 3.69. The molecular weight excluding hydrogens is 240 g/mol. The van der Waals surface area contributed by atoms with E-state index in [0.717, 1.165) is 12.1 Å². The summed E-state index contributed by atoms with van der Waals surface area (Å²) in [6, 6.07) is 8.46. The normalized spacial score (nSPS) is 24.5. The monoisotopic (exact) mass is 260 g/mol. The average Bonchev–Trinajstić information content (AvgIpc) is 2.69. The zero-order valence-corrected chi connectivity index (χ0v) is 12.1. The van der Waals surface area contributed by atoms with Crippen LogP contribution in [-0.4, -0.2) is 30.0 Å². The van der Waals surface area contributed by atoms with E-state index in [1.54, 1.807) is 0 Å². The van der Waals surface area contributed by atoms with E-state index in [1.807, 2.05) is 11.3 Å². The molecule has 2 nitrogen and oxygen atoms in total. The topological polar surface area (TPSA) is 16.1 Å². The van der Waals surface area contributed by atoms with Gasteiger partial charge >= 0.3 is 0 Å². The molecule has 0 amide bonds. The fraction of sp³-hybridized carbons (Fsp3) is 0.533. The van der Waals surface area contributed by atoms with Crippen LogP contribution < -0.4 is 0 Å². The fourth-order valence-corrected chi connectivity index (χ4v) is 4.26. The van der Waals surface area contributed by atoms with E-state index in [9.17, 15) is 0 Å². The van der Waals surface area contributed by atoms with Crippen LogP contribution in [-0.2, 0) is 0 Å². The summed E-state index contributed by atoms with van der Waals surface area (Å²) in [5.74, 6) is 0.594. The Bertz CT molecular complexity index is 525. The first-order valence-corrected chi connectivity index (χ1v) is 7.39. The van der Waals surface area contributed by atoms with Crippen LogP contribution in [0.5, 0.6) is 0 Å². The smallest absolute Gasteiger partial charge is 0.0982 e. The highest BCUT2D eigenvalue weighted by molar-refractivity contribution is 7.18. The number of likely N-dealkylation sites (tertiary alicyclic amines) is 1. The van der Waals surface area contributed by atoms with Crippen molar-refractivity contribution in [3.05, 3.63) is 29.3 Å². The zero-order chi connectivity index (χ0) is 12.8. The van der Waals surface area contributed by atoms with Crippen molar-refractivity contribution in [1.82, 2.24) is 9.88 Å². The standard InChI is InChI=1S/C15H20N2S/c1-15(2)8-11(9-17(3)10-15)14-16-12-6-4-5-7-13(12)18-14/h4-7,11H,8-10H2,1-3H3. The highest BCUT2D eigenvalue weighted by Crippen LogP contribution is 2.39. The number of likely N-dealkylation sites (N-methyl/N-ethyl adjacent to an activating group) is 1. The Labute approximate surface area is 113 Å². The lowest BCUT2D eigenvalue weighted by Gasteiger charge is -2.40. The van der Waals surface area contributed by atoms with Crippen molar-refractivity contribution >= 4 is 21.6 Å². The molecule has 1 saturated heterocycles. The number of hydrogen-bond acceptors (Lipinski definition) is 3. The summed E-state index contributed by atoms with van der Waals surface area (Å²) in [4.78, 5) is 7.27. The second-order valence-electron chi connectivity index (χ2n) is 6.28. The molecule has 1 aliphatic heterocycles. The van der Waals surface area contributed by atoms with Gasteiger partial charge in [-0.05, 0) is 31.0 Å². The molecule has 1 unspecified atom stereocenters. The maximum Gasteiger partial charge on any atom is 0.0982 e. The van der Waals surface area contributed by atoms with Crippen LogP contribution in [0.15, 0.2) is 24.3 Å². The van der Waals surface area contributed by atoms with Gasteiger partial charge < -0.3 is 4.90 Å². The Morgan fingerprint density at radius 1 is 1.33 bits per heavy atom. The Balaban J connectivity index is 1.94. The maximum atomic E-state index is 4.83. The summed E-state index contributed by atoms with van der Waals surface area (Å²) >= 11 is 1.87. The molecule has 1 aliphatic rings. The average molecular weight is 260 g/mol. The molecule has 18 heavy (non-hydrogen) atoms. The van der Waals surface area contributed by atoms with E-state index >= 15 is 0 Å². The molecule has 2 aromatic rings. The molecule has 0 N–H and O–H groups in total. The van der Waals surface area contributed by atoms with Gasteiger partial charge in [-0.1, -0.05) is 26.0 Å². The second-order valence-corrected chi connectivity index (χ2v) is 7.34. The van der Waals surface area contributed by atoms with Gasteiger partial charge in [0, 0.05) is 19.0 Å². The van der Waals surface area contributed by atoms with Gasteiger partial charge in [-0.25, -0.2) is 4.98 Å². The maximum absolute atomic E-state index is 4.83. The zero-order valence-electron chi connectivity index (χ0n) is 11.3. The Morgan fingerprint density at radius 2 is 2.11 bits per heavy atom. The van der Waals surface area contributed by atoms with E-state index in [-0.39, 0.29) is 0 Å². The Morgan fingerprint density at radius 3 is 2.83 bits per heavy atom. The van der Waals surface area contributed by atoms with Crippen LogP contribution in [0, 0.1) is 5.41 Å². The largest absolute Gasteiger partial charge is 0.305 e. The summed E-state index contributed by atoms with van der Waals surface area (Å²) in [6.07, 6.45) is 1.25. The molecule has 2 heterocycles. The predicted octanol–water partition coefficient (Wildman–Crippen LogP) is 3.74. The number of piperidine rings is 1. The number of aromatic nitrogens is 1. The molecular formula is C15H20N2S. The van der Waals surface area contributed by atoms with E-state index in [0.29, 0.717) is 11.3 Å². The molecule has 1 aromatic heterocycles. The van der Waals surface area contributed by atoms with Crippen LogP contribution in [0.2, 0.25) is 0 Å². The van der Waals surface area contributed by atoms with Crippen molar-refractivity contribution in [3.8, 4) is 0 Å². The van der Waals surface area contributed by atoms with Crippen LogP contribution in [0.4, 0.5) is 0 Å². The lowest BCUT2D eigenvalue weighted by Crippen LogP contribution is -2.41. The molecule has 0 saturated carbocycles. The number of fused-ring (bicyclic) bond motifs is 1. The molecule has 96 valence electrons. The highest BCUT2D eigenvalue weighted by atomic mass is 32.1. The van der Waals surface area contributed by atoms with Crippen LogP contribution in [0.3, 0.4) is 0 Å². The Hall–Kier alpha value is -0.930. The van der Waals surface area contributed by atoms with Crippen molar-refractivity contribution in [3.63, 3.8) is 0 Å². The number of nitrogens with zero attached hydrogens (tertiary/aromatic N) is 2. The van der Waals surface area contributed by atoms with Gasteiger partial charge in [0.05, 0.1) is 15.2 Å². The summed E-state index contributed by atoms with van der Waals surface area (Å²) in [6.45, 7) is 7.06. The minimum absolute atomic E-state index is 0.398. The van der Waals surface area contributed by atoms with Gasteiger partial charge in [0.2, 0.25) is 0 Å². The van der Waals surface area contributed by atoms with E-state index < -0.39 is 0 Å². The molecule has 0 aliphatic carbocycles. The second kappa shape index (κ2) is 4.32. The molecule has 0 bridgehead atoms. The van der Waals surface area contributed by atoms with Gasteiger partial charge in [-0.15, -0.1) is 11.3 Å². The van der Waals surface area contributed by atoms with Crippen molar-refractivity contribution < 1.29 is 0 Å². The minimum atomic E-state index is 0.398. The van der Waals surface area contributed by atoms with Crippen molar-refractivity contribution in [2.24, 2.45) is 5.41 Å². The fourth-order valence-electron chi connectivity index (χ4n) is 3.20. The predicted molar refractivity (Wildman–Crippen MR) is 78.3 cm³/mol. The van der Waals surface area contributed by atoms with Gasteiger partial charge in [-0.2, -0.15) is 0 Å². The van der Waals surface area contributed by atoms with Crippen LogP contribution >= 0.6 is 11.3 Å². The quantitative estimate of drug-likeness (QED) is 0.776. The summed E-state index contributed by atoms with van der Waals surface area (Å²) in [5, 5.41) is 1.32. The first-order valence-electron chi connectivity index (χ1n) is 6.57. The number of rotatable bonds is 1. The lowest BCUT2D eigenvalue weighted by molar-refractivity contribution is 0.123. The summed E-state index contributed by atoms with van der Waals surface area (Å²) in [5.41, 5.74) is 1.55. The van der Waals surface area contributed by atoms with Gasteiger partial charge in [0.15, 0.2) is 0 Å². The minimum Gasteiger partial charge on any atom is -0.305 e. The van der Waals surface area contributed by atoms with Crippen LogP contribution in [0.25, 0.3) is 10.2 Å². The van der Waals surface area contributed by atoms with Gasteiger partial charge in [-0.3, -0.25) is 0 Å². The van der Waals surface area contributed by atoms with Crippen molar-refractivity contribution in [2.45, 2.75) is 26.2 Å². The summed E-state index contributed by atoms with van der Waals surface area (Å²) in [7, 11) is 2.22. The van der Waals surface area contributed by atoms with Gasteiger partial charge in [0.25, 0.3) is 0 Å². The third kappa shape index (κ3) is 2.29. The number of para-hydroxylation sites is 1. The molecule has 0 radical (unpaired) electrons. The van der Waals surface area contributed by atoms with Crippen molar-refractivity contribution in [2.75, 3.05) is 20.1 Å². The number of hydrogen-bond donors (Lipinski definition) is 0. The Kier molecular flexibility index (Phi) is 2.91. The summed E-state index contributed by atoms with van der Waals surface area (Å²) < 4.78 is 1.32. The molecule has 1 atom stereocenters. The van der Waals surface area contributed by atoms with E-state index in [4.69, 9.17) is 4.98 Å². The SMILES string of the molecule is CN1CC(c2nc3ccccc3s2)CC(C)(C)C1. The lowest BCUT2D eigenvalue weighted by atomic mass is 9.79. The first-order chi connectivity index (χ1) is 8.53. The number of benzene rings is 1. The van der Waals surface area contributed by atoms with Crippen LogP contribution in [0.1, 0.15) is 31.2 Å². The molecule has 0 spiro atoms. The molecule has 3 heteroatoms. The first kappa shape index (κ1) is 12.1. The number of thiazole rings is 1. The molecule has 1 aromatic carbocycles. The highest BCUT2D eigenvalue weighted by Gasteiger charge is 2.33. The van der Waals surface area contributed by atoms with Crippen molar-refractivity contribution in [1.29, 1.82) is 0 Å². The molecule has 3 rings (SSSR count). The molecule has 1 fully saturated rings. The third-order valence-corrected chi connectivity index (χ3v) is 4.89.